The van der Waals surface area contributed by atoms with Crippen LogP contribution >= 0.6 is 8.25 Å². The molecule has 0 fully saturated rings. The monoisotopic (exact) mass is 591 g/mol. The number of rotatable bonds is 8. The Morgan fingerprint density at radius 2 is 1.20 bits per heavy atom. The maximum absolute atomic E-state index is 14.7. The zero-order valence-electron chi connectivity index (χ0n) is 22.6. The van der Waals surface area contributed by atoms with Gasteiger partial charge < -0.3 is 14.2 Å². The van der Waals surface area contributed by atoms with Crippen LogP contribution in [0.2, 0.25) is 19.6 Å². The van der Waals surface area contributed by atoms with Gasteiger partial charge in [-0.25, -0.2) is 9.67 Å². The van der Waals surface area contributed by atoms with Gasteiger partial charge in [-0.05, 0) is 42.8 Å². The quantitative estimate of drug-likeness (QED) is 0.138. The Balaban J connectivity index is 0.00000103. The van der Waals surface area contributed by atoms with Gasteiger partial charge in [-0.3, -0.25) is 4.57 Å². The van der Waals surface area contributed by atoms with Crippen molar-refractivity contribution in [3.63, 3.8) is 0 Å². The highest BCUT2D eigenvalue weighted by molar-refractivity contribution is 7.30. The molecule has 214 valence electrons. The number of benzene rings is 3. The van der Waals surface area contributed by atoms with Gasteiger partial charge in [-0.15, -0.1) is 0 Å². The van der Waals surface area contributed by atoms with E-state index in [9.17, 15) is 13.2 Å². The first-order valence-electron chi connectivity index (χ1n) is 12.6. The van der Waals surface area contributed by atoms with E-state index in [-0.39, 0.29) is 12.2 Å². The van der Waals surface area contributed by atoms with E-state index in [4.69, 9.17) is 18.8 Å². The summed E-state index contributed by atoms with van der Waals surface area (Å²) < 4.78 is 60.2. The highest BCUT2D eigenvalue weighted by atomic mass is 31.1. The fourth-order valence-corrected chi connectivity index (χ4v) is 6.13. The molecule has 0 saturated heterocycles. The van der Waals surface area contributed by atoms with Gasteiger partial charge in [0.05, 0.1) is 0 Å². The summed E-state index contributed by atoms with van der Waals surface area (Å²) in [5.74, 6) is -0.382. The first-order valence-corrected chi connectivity index (χ1v) is 17.3. The van der Waals surface area contributed by atoms with Crippen LogP contribution in [-0.4, -0.2) is 39.0 Å². The van der Waals surface area contributed by atoms with Crippen molar-refractivity contribution in [3.8, 4) is 0 Å². The third kappa shape index (κ3) is 6.62. The zero-order chi connectivity index (χ0) is 29.6. The summed E-state index contributed by atoms with van der Waals surface area (Å²) in [4.78, 5) is 18.6. The van der Waals surface area contributed by atoms with E-state index >= 15 is 0 Å². The molecule has 0 aliphatic rings. The first kappa shape index (κ1) is 31.4. The van der Waals surface area contributed by atoms with Crippen LogP contribution in [0.15, 0.2) is 97.3 Å². The average Bonchev–Trinajstić information content (AvgIpc) is 3.39. The number of hydrogen-bond donors (Lipinski definition) is 2. The van der Waals surface area contributed by atoms with E-state index in [1.165, 1.54) is 13.3 Å². The summed E-state index contributed by atoms with van der Waals surface area (Å²) in [5.41, 5.74) is -1.12. The second kappa shape index (κ2) is 12.6. The summed E-state index contributed by atoms with van der Waals surface area (Å²) in [6.45, 7) is 6.68. The van der Waals surface area contributed by atoms with Gasteiger partial charge in [-0.2, -0.15) is 18.3 Å². The summed E-state index contributed by atoms with van der Waals surface area (Å²) in [6.07, 6.45) is -3.63. The Hall–Kier alpha value is -3.08. The van der Waals surface area contributed by atoms with Gasteiger partial charge in [0.1, 0.15) is 11.9 Å². The molecule has 1 heterocycles. The minimum absolute atomic E-state index is 0.334. The van der Waals surface area contributed by atoms with Crippen LogP contribution in [0.5, 0.6) is 0 Å². The summed E-state index contributed by atoms with van der Waals surface area (Å²) in [7, 11) is -5.77. The molecule has 40 heavy (non-hydrogen) atoms. The minimum Gasteiger partial charge on any atom is -0.398 e. The normalized spacial score (nSPS) is 13.8. The topological polar surface area (TPSA) is 97.5 Å². The second-order valence-electron chi connectivity index (χ2n) is 10.00. The molecule has 0 saturated carbocycles. The SMILES string of the molecule is CCC(O[Si](C)(C)C)(c1ncn(C(c2ccccc2)(c2ccccc2)c2ccccc2)n1)C(F)(F)F.O=[PH](O)O. The fraction of sp³-hybridized carbons (Fsp3) is 0.286. The van der Waals surface area contributed by atoms with Crippen molar-refractivity contribution in [3.05, 3.63) is 120 Å². The molecule has 0 spiro atoms. The number of alkyl halides is 3. The van der Waals surface area contributed by atoms with Crippen LogP contribution in [0.1, 0.15) is 35.9 Å². The van der Waals surface area contributed by atoms with E-state index in [1.807, 2.05) is 91.0 Å². The van der Waals surface area contributed by atoms with Crippen LogP contribution < -0.4 is 0 Å². The van der Waals surface area contributed by atoms with Crippen molar-refractivity contribution in [2.75, 3.05) is 0 Å². The first-order chi connectivity index (χ1) is 18.8. The maximum atomic E-state index is 14.7. The largest absolute Gasteiger partial charge is 0.423 e. The molecule has 0 aliphatic heterocycles. The Labute approximate surface area is 233 Å². The number of halogens is 3. The number of aromatic nitrogens is 3. The van der Waals surface area contributed by atoms with Gasteiger partial charge in [0, 0.05) is 0 Å². The highest BCUT2D eigenvalue weighted by Gasteiger charge is 2.60. The molecule has 2 N–H and O–H groups in total. The number of hydrogen-bond acceptors (Lipinski definition) is 4. The predicted molar refractivity (Wildman–Crippen MR) is 151 cm³/mol. The lowest BCUT2D eigenvalue weighted by molar-refractivity contribution is -0.262. The van der Waals surface area contributed by atoms with Crippen LogP contribution in [0.4, 0.5) is 13.2 Å². The van der Waals surface area contributed by atoms with Gasteiger partial charge in [0.15, 0.2) is 14.1 Å². The van der Waals surface area contributed by atoms with Crippen LogP contribution in [-0.2, 0) is 20.1 Å². The van der Waals surface area contributed by atoms with Gasteiger partial charge in [-0.1, -0.05) is 97.9 Å². The molecule has 0 radical (unpaired) electrons. The van der Waals surface area contributed by atoms with E-state index in [2.05, 4.69) is 10.1 Å². The van der Waals surface area contributed by atoms with Crippen molar-refractivity contribution in [2.45, 2.75) is 50.3 Å². The smallest absolute Gasteiger partial charge is 0.398 e. The molecular formula is C28H33F3N3O4PSi. The molecule has 7 nitrogen and oxygen atoms in total. The Morgan fingerprint density at radius 1 is 0.825 bits per heavy atom. The van der Waals surface area contributed by atoms with Crippen molar-refractivity contribution in [2.24, 2.45) is 0 Å². The third-order valence-electron chi connectivity index (χ3n) is 6.21. The predicted octanol–water partition coefficient (Wildman–Crippen LogP) is 6.50. The lowest BCUT2D eigenvalue weighted by atomic mass is 9.77. The fourth-order valence-electron chi connectivity index (χ4n) is 4.73. The van der Waals surface area contributed by atoms with Gasteiger partial charge >= 0.3 is 14.4 Å². The Bertz CT molecular complexity index is 1280. The van der Waals surface area contributed by atoms with Crippen LogP contribution in [0, 0.1) is 0 Å². The van der Waals surface area contributed by atoms with Crippen molar-refractivity contribution in [1.82, 2.24) is 14.8 Å². The molecule has 4 aromatic rings. The minimum atomic E-state index is -4.69. The average molecular weight is 592 g/mol. The van der Waals surface area contributed by atoms with E-state index < -0.39 is 33.9 Å². The lowest BCUT2D eigenvalue weighted by Gasteiger charge is -2.38. The molecule has 3 aromatic carbocycles. The van der Waals surface area contributed by atoms with Crippen LogP contribution in [0.25, 0.3) is 0 Å². The van der Waals surface area contributed by atoms with Gasteiger partial charge in [0.2, 0.25) is 5.60 Å². The van der Waals surface area contributed by atoms with E-state index in [1.54, 1.807) is 24.3 Å². The maximum Gasteiger partial charge on any atom is 0.423 e. The molecule has 0 aliphatic carbocycles. The molecular weight excluding hydrogens is 558 g/mol. The van der Waals surface area contributed by atoms with Crippen LogP contribution in [0.3, 0.4) is 0 Å². The summed E-state index contributed by atoms with van der Waals surface area (Å²) in [5, 5.41) is 4.59. The van der Waals surface area contributed by atoms with Crippen molar-refractivity contribution < 1.29 is 31.9 Å². The summed E-state index contributed by atoms with van der Waals surface area (Å²) in [6, 6.07) is 28.9. The molecule has 1 atom stereocenters. The third-order valence-corrected chi connectivity index (χ3v) is 7.17. The van der Waals surface area contributed by atoms with E-state index in [0.717, 1.165) is 16.7 Å². The Morgan fingerprint density at radius 3 is 1.50 bits per heavy atom. The Kier molecular flexibility index (Phi) is 9.92. The second-order valence-corrected chi connectivity index (χ2v) is 15.0. The van der Waals surface area contributed by atoms with Crippen molar-refractivity contribution in [1.29, 1.82) is 0 Å². The molecule has 4 rings (SSSR count). The standard InChI is InChI=1S/C28H30F3N3OSi.H3O3P/c1-5-26(28(29,30)31,35-36(2,3)4)25-32-21-34(33-25)27(22-15-9-6-10-16-22,23-17-11-7-12-18-23)24-19-13-8-14-20-24;1-4(2)3/h6-21H,5H2,1-4H3;4H,(H2,1,2,3). The highest BCUT2D eigenvalue weighted by Crippen LogP contribution is 2.46. The molecule has 1 aromatic heterocycles. The molecule has 0 amide bonds. The molecule has 0 bridgehead atoms. The number of nitrogens with zero attached hydrogens (tertiary/aromatic N) is 3. The van der Waals surface area contributed by atoms with E-state index in [0.29, 0.717) is 0 Å². The summed E-state index contributed by atoms with van der Waals surface area (Å²) >= 11 is 0. The lowest BCUT2D eigenvalue weighted by Crippen LogP contribution is -2.51. The zero-order valence-corrected chi connectivity index (χ0v) is 24.6. The molecule has 12 heteroatoms. The molecule has 1 unspecified atom stereocenters. The van der Waals surface area contributed by atoms with Gasteiger partial charge in [0.25, 0.3) is 0 Å². The van der Waals surface area contributed by atoms with Crippen molar-refractivity contribution >= 4 is 16.6 Å².